The first-order valence-corrected chi connectivity index (χ1v) is 3.23. The smallest absolute Gasteiger partial charge is 0.0838 e. The maximum Gasteiger partial charge on any atom is 0.0838 e. The van der Waals surface area contributed by atoms with Crippen molar-refractivity contribution in [1.29, 1.82) is 0 Å². The minimum atomic E-state index is 0.340. The van der Waals surface area contributed by atoms with Crippen LogP contribution in [0.4, 0.5) is 0 Å². The number of allylic oxidation sites excluding steroid dienone is 2. The van der Waals surface area contributed by atoms with E-state index in [1.165, 1.54) is 0 Å². The predicted octanol–water partition coefficient (Wildman–Crippen LogP) is 2.57. The summed E-state index contributed by atoms with van der Waals surface area (Å²) < 4.78 is 0. The molecule has 0 amide bonds. The summed E-state index contributed by atoms with van der Waals surface area (Å²) in [7, 11) is 0. The molecule has 1 atom stereocenters. The highest BCUT2D eigenvalue weighted by molar-refractivity contribution is 5.29. The van der Waals surface area contributed by atoms with E-state index >= 15 is 0 Å². The van der Waals surface area contributed by atoms with Crippen molar-refractivity contribution in [3.63, 3.8) is 0 Å². The molecule has 0 N–H and O–H groups in total. The molecule has 0 saturated carbocycles. The standard InChI is InChI=1S/C9H13N/c1-5-7-8(3)9(6-2)10-4/h5,8H,1-2,4,7H2,3H3. The number of hydrogen-bond acceptors (Lipinski definition) is 1. The average molecular weight is 135 g/mol. The van der Waals surface area contributed by atoms with Crippen molar-refractivity contribution in [2.45, 2.75) is 13.3 Å². The molecule has 0 fully saturated rings. The lowest BCUT2D eigenvalue weighted by molar-refractivity contribution is 0.691. The molecule has 0 rings (SSSR count). The van der Waals surface area contributed by atoms with Crippen molar-refractivity contribution in [1.82, 2.24) is 0 Å². The summed E-state index contributed by atoms with van der Waals surface area (Å²) in [5, 5.41) is 0. The highest BCUT2D eigenvalue weighted by Gasteiger charge is 2.02. The second kappa shape index (κ2) is 4.78. The van der Waals surface area contributed by atoms with Gasteiger partial charge in [-0.05, 0) is 13.1 Å². The summed E-state index contributed by atoms with van der Waals surface area (Å²) in [6, 6.07) is 0. The summed E-state index contributed by atoms with van der Waals surface area (Å²) in [6.07, 6.45) is 2.75. The lowest BCUT2D eigenvalue weighted by atomic mass is 10.1. The number of aliphatic imine (C=N–C) groups is 1. The molecule has 0 aliphatic rings. The van der Waals surface area contributed by atoms with Gasteiger partial charge in [-0.2, -0.15) is 0 Å². The lowest BCUT2D eigenvalue weighted by Gasteiger charge is -2.04. The minimum absolute atomic E-state index is 0.340. The van der Waals surface area contributed by atoms with Crippen LogP contribution in [0.1, 0.15) is 13.3 Å². The highest BCUT2D eigenvalue weighted by Crippen LogP contribution is 2.13. The fourth-order valence-electron chi connectivity index (χ4n) is 0.748. The zero-order valence-electron chi connectivity index (χ0n) is 6.43. The van der Waals surface area contributed by atoms with Gasteiger partial charge < -0.3 is 0 Å². The third-order valence-corrected chi connectivity index (χ3v) is 1.34. The maximum atomic E-state index is 3.77. The van der Waals surface area contributed by atoms with Crippen LogP contribution in [0.3, 0.4) is 0 Å². The first-order valence-electron chi connectivity index (χ1n) is 3.23. The Bertz CT molecular complexity index is 173. The van der Waals surface area contributed by atoms with Crippen LogP contribution >= 0.6 is 0 Å². The largest absolute Gasteiger partial charge is 0.260 e. The van der Waals surface area contributed by atoms with Crippen molar-refractivity contribution in [3.8, 4) is 0 Å². The minimum Gasteiger partial charge on any atom is -0.260 e. The first kappa shape index (κ1) is 8.93. The van der Waals surface area contributed by atoms with Gasteiger partial charge in [0.05, 0.1) is 5.70 Å². The van der Waals surface area contributed by atoms with E-state index < -0.39 is 0 Å². The monoisotopic (exact) mass is 135 g/mol. The summed E-state index contributed by atoms with van der Waals surface area (Å²) in [5.41, 5.74) is 3.55. The first-order chi connectivity index (χ1) is 4.76. The predicted molar refractivity (Wildman–Crippen MR) is 46.2 cm³/mol. The van der Waals surface area contributed by atoms with Crippen LogP contribution < -0.4 is 0 Å². The molecule has 0 radical (unpaired) electrons. The molecule has 1 unspecified atom stereocenters. The summed E-state index contributed by atoms with van der Waals surface area (Å²) >= 11 is 0. The topological polar surface area (TPSA) is 12.4 Å². The van der Waals surface area contributed by atoms with Crippen molar-refractivity contribution >= 4 is 6.72 Å². The fourth-order valence-corrected chi connectivity index (χ4v) is 0.748. The van der Waals surface area contributed by atoms with Gasteiger partial charge in [-0.15, -0.1) is 12.3 Å². The molecule has 0 heterocycles. The second-order valence-corrected chi connectivity index (χ2v) is 2.15. The molecule has 0 spiro atoms. The Morgan fingerprint density at radius 2 is 2.40 bits per heavy atom. The van der Waals surface area contributed by atoms with Gasteiger partial charge >= 0.3 is 0 Å². The second-order valence-electron chi connectivity index (χ2n) is 2.15. The highest BCUT2D eigenvalue weighted by atomic mass is 14.7. The molecule has 1 heteroatoms. The number of rotatable bonds is 4. The van der Waals surface area contributed by atoms with E-state index in [1.54, 1.807) is 0 Å². The van der Waals surface area contributed by atoms with E-state index in [4.69, 9.17) is 0 Å². The Hall–Kier alpha value is -1.07. The van der Waals surface area contributed by atoms with E-state index in [0.717, 1.165) is 12.1 Å². The molecule has 0 saturated heterocycles. The Kier molecular flexibility index (Phi) is 4.26. The molecular formula is C9H13N. The van der Waals surface area contributed by atoms with E-state index in [1.807, 2.05) is 13.0 Å². The van der Waals surface area contributed by atoms with Gasteiger partial charge in [-0.25, -0.2) is 0 Å². The lowest BCUT2D eigenvalue weighted by Crippen LogP contribution is -1.93. The van der Waals surface area contributed by atoms with Crippen LogP contribution in [0, 0.1) is 5.92 Å². The third kappa shape index (κ3) is 2.47. The van der Waals surface area contributed by atoms with Gasteiger partial charge in [0.15, 0.2) is 0 Å². The zero-order chi connectivity index (χ0) is 7.98. The SMILES string of the molecule is C=C=C(N=C)C(C)CC=C. The fraction of sp³-hybridized carbons (Fsp3) is 0.333. The van der Waals surface area contributed by atoms with Gasteiger partial charge in [0.1, 0.15) is 0 Å². The van der Waals surface area contributed by atoms with Crippen molar-refractivity contribution in [3.05, 3.63) is 30.7 Å². The Morgan fingerprint density at radius 3 is 2.70 bits per heavy atom. The van der Waals surface area contributed by atoms with Crippen LogP contribution in [0.25, 0.3) is 0 Å². The summed E-state index contributed by atoms with van der Waals surface area (Å²) in [4.78, 5) is 3.77. The summed E-state index contributed by atoms with van der Waals surface area (Å²) in [5.74, 6) is 0.340. The van der Waals surface area contributed by atoms with Crippen LogP contribution in [0.2, 0.25) is 0 Å². The molecule has 0 aromatic heterocycles. The van der Waals surface area contributed by atoms with Crippen molar-refractivity contribution in [2.24, 2.45) is 10.9 Å². The summed E-state index contributed by atoms with van der Waals surface area (Å²) in [6.45, 7) is 12.6. The number of nitrogens with zero attached hydrogens (tertiary/aromatic N) is 1. The molecular weight excluding hydrogens is 122 g/mol. The normalized spacial score (nSPS) is 11.3. The Balaban J connectivity index is 4.15. The molecule has 0 aromatic carbocycles. The van der Waals surface area contributed by atoms with Crippen molar-refractivity contribution < 1.29 is 0 Å². The molecule has 0 aliphatic heterocycles. The number of hydrogen-bond donors (Lipinski definition) is 0. The zero-order valence-corrected chi connectivity index (χ0v) is 6.43. The molecule has 10 heavy (non-hydrogen) atoms. The van der Waals surface area contributed by atoms with Gasteiger partial charge in [0, 0.05) is 5.92 Å². The molecule has 0 aliphatic carbocycles. The Morgan fingerprint density at radius 1 is 1.80 bits per heavy atom. The quantitative estimate of drug-likeness (QED) is 0.319. The Labute approximate surface area is 62.5 Å². The third-order valence-electron chi connectivity index (χ3n) is 1.34. The van der Waals surface area contributed by atoms with E-state index in [-0.39, 0.29) is 0 Å². The van der Waals surface area contributed by atoms with Crippen LogP contribution in [-0.2, 0) is 0 Å². The molecule has 54 valence electrons. The van der Waals surface area contributed by atoms with Crippen LogP contribution in [-0.4, -0.2) is 6.72 Å². The van der Waals surface area contributed by atoms with E-state index in [2.05, 4.69) is 30.6 Å². The van der Waals surface area contributed by atoms with Gasteiger partial charge in [-0.1, -0.05) is 19.6 Å². The molecule has 1 nitrogen and oxygen atoms in total. The van der Waals surface area contributed by atoms with Crippen LogP contribution in [0.15, 0.2) is 35.7 Å². The van der Waals surface area contributed by atoms with Gasteiger partial charge in [-0.3, -0.25) is 4.99 Å². The van der Waals surface area contributed by atoms with E-state index in [9.17, 15) is 0 Å². The van der Waals surface area contributed by atoms with Crippen LogP contribution in [0.5, 0.6) is 0 Å². The molecule has 0 aromatic rings. The molecule has 0 bridgehead atoms. The van der Waals surface area contributed by atoms with Gasteiger partial charge in [0.25, 0.3) is 0 Å². The van der Waals surface area contributed by atoms with Crippen molar-refractivity contribution in [2.75, 3.05) is 0 Å². The van der Waals surface area contributed by atoms with E-state index in [0.29, 0.717) is 5.92 Å². The maximum absolute atomic E-state index is 3.77. The van der Waals surface area contributed by atoms with Gasteiger partial charge in [0.2, 0.25) is 0 Å². The average Bonchev–Trinajstić information content (AvgIpc) is 1.91.